The fraction of sp³-hybridized carbons (Fsp3) is 0.769. The lowest BCUT2D eigenvalue weighted by Gasteiger charge is -2.27. The minimum atomic E-state index is 0.433. The van der Waals surface area contributed by atoms with Crippen molar-refractivity contribution in [2.75, 3.05) is 18.0 Å². The average molecular weight is 234 g/mol. The number of nitrogens with zero attached hydrogens (tertiary/aromatic N) is 3. The van der Waals surface area contributed by atoms with Crippen LogP contribution in [0.25, 0.3) is 0 Å². The molecule has 0 amide bonds. The van der Waals surface area contributed by atoms with Crippen molar-refractivity contribution in [1.82, 2.24) is 9.55 Å². The summed E-state index contributed by atoms with van der Waals surface area (Å²) in [5.74, 6) is 2.79. The summed E-state index contributed by atoms with van der Waals surface area (Å²) in [5.41, 5.74) is 6.07. The van der Waals surface area contributed by atoms with Crippen molar-refractivity contribution in [3.8, 4) is 0 Å². The van der Waals surface area contributed by atoms with Gasteiger partial charge in [0.05, 0.1) is 0 Å². The first-order valence-electron chi connectivity index (χ1n) is 6.79. The van der Waals surface area contributed by atoms with E-state index in [1.54, 1.807) is 0 Å². The third-order valence-electron chi connectivity index (χ3n) is 4.41. The van der Waals surface area contributed by atoms with Crippen LogP contribution in [0.3, 0.4) is 0 Å². The topological polar surface area (TPSA) is 47.1 Å². The van der Waals surface area contributed by atoms with Crippen LogP contribution in [-0.4, -0.2) is 28.7 Å². The molecule has 0 bridgehead atoms. The van der Waals surface area contributed by atoms with E-state index < -0.39 is 0 Å². The van der Waals surface area contributed by atoms with Gasteiger partial charge < -0.3 is 15.2 Å². The Morgan fingerprint density at radius 2 is 2.18 bits per heavy atom. The van der Waals surface area contributed by atoms with Gasteiger partial charge in [0.15, 0.2) is 0 Å². The van der Waals surface area contributed by atoms with Crippen LogP contribution in [0.1, 0.15) is 26.2 Å². The largest absolute Gasteiger partial charge is 0.342 e. The van der Waals surface area contributed by atoms with Crippen LogP contribution in [0.4, 0.5) is 5.95 Å². The van der Waals surface area contributed by atoms with Crippen molar-refractivity contribution >= 4 is 5.95 Å². The summed E-state index contributed by atoms with van der Waals surface area (Å²) in [7, 11) is 0. The summed E-state index contributed by atoms with van der Waals surface area (Å²) in [5, 5.41) is 0. The summed E-state index contributed by atoms with van der Waals surface area (Å²) in [6, 6.07) is 0.433. The Kier molecular flexibility index (Phi) is 2.82. The van der Waals surface area contributed by atoms with Crippen LogP contribution < -0.4 is 10.6 Å². The van der Waals surface area contributed by atoms with Gasteiger partial charge in [0.1, 0.15) is 0 Å². The molecule has 1 unspecified atom stereocenters. The van der Waals surface area contributed by atoms with Crippen molar-refractivity contribution in [3.63, 3.8) is 0 Å². The maximum Gasteiger partial charge on any atom is 0.205 e. The van der Waals surface area contributed by atoms with E-state index in [0.717, 1.165) is 30.9 Å². The van der Waals surface area contributed by atoms with Crippen molar-refractivity contribution in [1.29, 1.82) is 0 Å². The predicted octanol–water partition coefficient (Wildman–Crippen LogP) is 1.47. The van der Waals surface area contributed by atoms with Crippen LogP contribution in [-0.2, 0) is 6.54 Å². The fourth-order valence-electron chi connectivity index (χ4n) is 3.46. The van der Waals surface area contributed by atoms with Gasteiger partial charge in [-0.05, 0) is 38.0 Å². The zero-order valence-electron chi connectivity index (χ0n) is 10.5. The molecule has 0 radical (unpaired) electrons. The summed E-state index contributed by atoms with van der Waals surface area (Å²) in [6.45, 7) is 5.49. The third kappa shape index (κ3) is 1.95. The third-order valence-corrected chi connectivity index (χ3v) is 4.41. The normalized spacial score (nSPS) is 32.8. The maximum atomic E-state index is 6.07. The summed E-state index contributed by atoms with van der Waals surface area (Å²) in [4.78, 5) is 6.96. The zero-order chi connectivity index (χ0) is 11.8. The highest BCUT2D eigenvalue weighted by Crippen LogP contribution is 2.37. The molecule has 2 heterocycles. The minimum Gasteiger partial charge on any atom is -0.342 e. The van der Waals surface area contributed by atoms with E-state index in [9.17, 15) is 0 Å². The highest BCUT2D eigenvalue weighted by Gasteiger charge is 2.37. The van der Waals surface area contributed by atoms with Crippen LogP contribution in [0.5, 0.6) is 0 Å². The highest BCUT2D eigenvalue weighted by atomic mass is 15.3. The molecule has 3 atom stereocenters. The average Bonchev–Trinajstić information content (AvgIpc) is 2.93. The number of fused-ring (bicyclic) bond motifs is 1. The number of imidazole rings is 1. The number of aromatic nitrogens is 2. The molecular weight excluding hydrogens is 212 g/mol. The molecule has 1 saturated carbocycles. The molecule has 4 heteroatoms. The minimum absolute atomic E-state index is 0.433. The van der Waals surface area contributed by atoms with E-state index in [1.807, 2.05) is 6.20 Å². The molecule has 1 aliphatic heterocycles. The second-order valence-electron chi connectivity index (χ2n) is 5.51. The molecule has 0 aromatic carbocycles. The van der Waals surface area contributed by atoms with Gasteiger partial charge in [-0.15, -0.1) is 0 Å². The smallest absolute Gasteiger partial charge is 0.205 e. The Morgan fingerprint density at radius 3 is 3.00 bits per heavy atom. The molecule has 2 N–H and O–H groups in total. The Hall–Kier alpha value is -1.03. The van der Waals surface area contributed by atoms with Gasteiger partial charge in [-0.2, -0.15) is 0 Å². The van der Waals surface area contributed by atoms with Gasteiger partial charge in [0, 0.05) is 38.1 Å². The Labute approximate surface area is 103 Å². The monoisotopic (exact) mass is 234 g/mol. The second kappa shape index (κ2) is 4.33. The highest BCUT2D eigenvalue weighted by molar-refractivity contribution is 5.34. The SMILES string of the molecule is CCn1ccnc1N1C[C@H]2CCC(N)C[C@H]2C1. The molecule has 4 nitrogen and oxygen atoms in total. The summed E-state index contributed by atoms with van der Waals surface area (Å²) < 4.78 is 2.23. The molecule has 1 aliphatic carbocycles. The molecule has 0 spiro atoms. The van der Waals surface area contributed by atoms with E-state index in [0.29, 0.717) is 6.04 Å². The molecular formula is C13H22N4. The number of hydrogen-bond acceptors (Lipinski definition) is 3. The second-order valence-corrected chi connectivity index (χ2v) is 5.51. The van der Waals surface area contributed by atoms with E-state index in [2.05, 4.69) is 27.6 Å². The molecule has 3 rings (SSSR count). The van der Waals surface area contributed by atoms with Crippen LogP contribution >= 0.6 is 0 Å². The molecule has 1 aromatic heterocycles. The molecule has 17 heavy (non-hydrogen) atoms. The maximum absolute atomic E-state index is 6.07. The Balaban J connectivity index is 1.75. The Morgan fingerprint density at radius 1 is 1.35 bits per heavy atom. The van der Waals surface area contributed by atoms with Crippen molar-refractivity contribution < 1.29 is 0 Å². The molecule has 94 valence electrons. The van der Waals surface area contributed by atoms with Crippen LogP contribution in [0, 0.1) is 11.8 Å². The van der Waals surface area contributed by atoms with Gasteiger partial charge in [-0.1, -0.05) is 0 Å². The van der Waals surface area contributed by atoms with Gasteiger partial charge in [0.2, 0.25) is 5.95 Å². The number of rotatable bonds is 2. The number of nitrogens with two attached hydrogens (primary N) is 1. The quantitative estimate of drug-likeness (QED) is 0.843. The predicted molar refractivity (Wildman–Crippen MR) is 68.9 cm³/mol. The first kappa shape index (κ1) is 11.1. The number of anilines is 1. The van der Waals surface area contributed by atoms with E-state index in [1.165, 1.54) is 25.8 Å². The van der Waals surface area contributed by atoms with Crippen molar-refractivity contribution in [3.05, 3.63) is 12.4 Å². The molecule has 2 aliphatic rings. The zero-order valence-corrected chi connectivity index (χ0v) is 10.5. The first-order valence-corrected chi connectivity index (χ1v) is 6.79. The van der Waals surface area contributed by atoms with Gasteiger partial charge in [-0.25, -0.2) is 4.98 Å². The summed E-state index contributed by atoms with van der Waals surface area (Å²) in [6.07, 6.45) is 7.69. The van der Waals surface area contributed by atoms with E-state index in [4.69, 9.17) is 5.73 Å². The lowest BCUT2D eigenvalue weighted by molar-refractivity contribution is 0.271. The van der Waals surface area contributed by atoms with Crippen LogP contribution in [0.2, 0.25) is 0 Å². The summed E-state index contributed by atoms with van der Waals surface area (Å²) >= 11 is 0. The van der Waals surface area contributed by atoms with Gasteiger partial charge in [0.25, 0.3) is 0 Å². The first-order chi connectivity index (χ1) is 8.28. The van der Waals surface area contributed by atoms with Crippen molar-refractivity contribution in [2.45, 2.75) is 38.8 Å². The fourth-order valence-corrected chi connectivity index (χ4v) is 3.46. The van der Waals surface area contributed by atoms with Gasteiger partial charge >= 0.3 is 0 Å². The number of aryl methyl sites for hydroxylation is 1. The van der Waals surface area contributed by atoms with Crippen LogP contribution in [0.15, 0.2) is 12.4 Å². The van der Waals surface area contributed by atoms with E-state index in [-0.39, 0.29) is 0 Å². The van der Waals surface area contributed by atoms with Crippen molar-refractivity contribution in [2.24, 2.45) is 17.6 Å². The lowest BCUT2D eigenvalue weighted by Crippen LogP contribution is -2.32. The van der Waals surface area contributed by atoms with Gasteiger partial charge in [-0.3, -0.25) is 0 Å². The van der Waals surface area contributed by atoms with E-state index >= 15 is 0 Å². The lowest BCUT2D eigenvalue weighted by atomic mass is 9.79. The number of hydrogen-bond donors (Lipinski definition) is 1. The Bertz CT molecular complexity index is 387. The molecule has 1 saturated heterocycles. The molecule has 2 fully saturated rings. The molecule has 1 aromatic rings. The standard InChI is InChI=1S/C13H22N4/c1-2-16-6-5-15-13(16)17-8-10-3-4-12(14)7-11(10)9-17/h5-6,10-12H,2-4,7-9,14H2,1H3/t10-,11+,12?/m1/s1.